The molecule has 1 aliphatic heterocycles. The van der Waals surface area contributed by atoms with Gasteiger partial charge in [-0.2, -0.15) is 5.26 Å². The lowest BCUT2D eigenvalue weighted by Crippen LogP contribution is -2.29. The maximum Gasteiger partial charge on any atom is 0.338 e. The third-order valence-corrected chi connectivity index (χ3v) is 4.83. The molecule has 3 aromatic rings. The summed E-state index contributed by atoms with van der Waals surface area (Å²) in [5.41, 5.74) is 3.12. The Balaban J connectivity index is 1.39. The van der Waals surface area contributed by atoms with Crippen LogP contribution >= 0.6 is 0 Å². The van der Waals surface area contributed by atoms with Crippen LogP contribution in [0.4, 0.5) is 0 Å². The van der Waals surface area contributed by atoms with Gasteiger partial charge in [0.1, 0.15) is 6.61 Å². The summed E-state index contributed by atoms with van der Waals surface area (Å²) in [6.45, 7) is 0.188. The van der Waals surface area contributed by atoms with E-state index in [4.69, 9.17) is 10.00 Å². The Morgan fingerprint density at radius 3 is 2.17 bits per heavy atom. The monoisotopic (exact) mass is 396 g/mol. The molecule has 0 radical (unpaired) electrons. The molecule has 4 rings (SSSR count). The van der Waals surface area contributed by atoms with Crippen molar-refractivity contribution in [2.75, 3.05) is 0 Å². The van der Waals surface area contributed by atoms with Crippen molar-refractivity contribution in [3.05, 3.63) is 106 Å². The quantitative estimate of drug-likeness (QED) is 0.485. The lowest BCUT2D eigenvalue weighted by atomic mass is 10.1. The Morgan fingerprint density at radius 2 is 1.53 bits per heavy atom. The van der Waals surface area contributed by atoms with Gasteiger partial charge in [0.25, 0.3) is 11.8 Å². The van der Waals surface area contributed by atoms with Crippen LogP contribution in [0.1, 0.15) is 47.8 Å². The van der Waals surface area contributed by atoms with E-state index in [1.807, 2.05) is 6.07 Å². The Kier molecular flexibility index (Phi) is 5.10. The molecule has 0 aromatic heterocycles. The predicted octanol–water partition coefficient (Wildman–Crippen LogP) is 3.71. The molecule has 0 aliphatic carbocycles. The Hall–Kier alpha value is -4.24. The molecule has 1 aliphatic rings. The van der Waals surface area contributed by atoms with Gasteiger partial charge in [0.05, 0.1) is 34.9 Å². The standard InChI is InChI=1S/C24H16N2O4/c25-13-17-4-3-5-18(12-17)15-30-24(29)19-10-8-16(9-11-19)14-26-22(27)20-6-1-2-7-21(20)23(26)28/h1-12H,14-15H2. The number of nitriles is 1. The molecule has 0 fully saturated rings. The number of imide groups is 1. The van der Waals surface area contributed by atoms with Crippen molar-refractivity contribution >= 4 is 17.8 Å². The molecule has 146 valence electrons. The first-order valence-electron chi connectivity index (χ1n) is 9.27. The number of rotatable bonds is 5. The summed E-state index contributed by atoms with van der Waals surface area (Å²) in [4.78, 5) is 38.4. The number of ether oxygens (including phenoxy) is 1. The van der Waals surface area contributed by atoms with Crippen LogP contribution in [-0.2, 0) is 17.9 Å². The Morgan fingerprint density at radius 1 is 0.867 bits per heavy atom. The molecule has 1 heterocycles. The minimum Gasteiger partial charge on any atom is -0.457 e. The van der Waals surface area contributed by atoms with E-state index in [9.17, 15) is 14.4 Å². The van der Waals surface area contributed by atoms with Gasteiger partial charge in [0.2, 0.25) is 0 Å². The van der Waals surface area contributed by atoms with Gasteiger partial charge in [-0.15, -0.1) is 0 Å². The van der Waals surface area contributed by atoms with Crippen molar-refractivity contribution in [1.29, 1.82) is 5.26 Å². The number of benzene rings is 3. The number of hydrogen-bond donors (Lipinski definition) is 0. The molecule has 0 unspecified atom stereocenters. The highest BCUT2D eigenvalue weighted by atomic mass is 16.5. The summed E-state index contributed by atoms with van der Waals surface area (Å²) in [5, 5.41) is 8.93. The zero-order chi connectivity index (χ0) is 21.1. The van der Waals surface area contributed by atoms with Crippen molar-refractivity contribution in [2.24, 2.45) is 0 Å². The molecule has 0 N–H and O–H groups in total. The third kappa shape index (κ3) is 3.69. The summed E-state index contributed by atoms with van der Waals surface area (Å²) >= 11 is 0. The SMILES string of the molecule is N#Cc1cccc(COC(=O)c2ccc(CN3C(=O)c4ccccc4C3=O)cc2)c1. The Bertz CT molecular complexity index is 1160. The van der Waals surface area contributed by atoms with E-state index in [1.54, 1.807) is 72.8 Å². The molecule has 0 atom stereocenters. The number of carbonyl (C=O) groups excluding carboxylic acids is 3. The normalized spacial score (nSPS) is 12.4. The van der Waals surface area contributed by atoms with E-state index in [0.717, 1.165) is 11.1 Å². The maximum absolute atomic E-state index is 12.5. The van der Waals surface area contributed by atoms with Crippen LogP contribution in [0.5, 0.6) is 0 Å². The summed E-state index contributed by atoms with van der Waals surface area (Å²) in [7, 11) is 0. The summed E-state index contributed by atoms with van der Waals surface area (Å²) in [6, 6.07) is 22.2. The highest BCUT2D eigenvalue weighted by Crippen LogP contribution is 2.24. The van der Waals surface area contributed by atoms with Gasteiger partial charge in [0.15, 0.2) is 0 Å². The van der Waals surface area contributed by atoms with Crippen LogP contribution in [0.15, 0.2) is 72.8 Å². The largest absolute Gasteiger partial charge is 0.457 e. The van der Waals surface area contributed by atoms with Gasteiger partial charge in [0, 0.05) is 0 Å². The minimum atomic E-state index is -0.496. The molecular formula is C24H16N2O4. The highest BCUT2D eigenvalue weighted by molar-refractivity contribution is 6.21. The number of hydrogen-bond acceptors (Lipinski definition) is 5. The van der Waals surface area contributed by atoms with E-state index in [-0.39, 0.29) is 25.0 Å². The second-order valence-corrected chi connectivity index (χ2v) is 6.83. The molecule has 0 bridgehead atoms. The van der Waals surface area contributed by atoms with Crippen LogP contribution in [0.25, 0.3) is 0 Å². The molecule has 30 heavy (non-hydrogen) atoms. The fraction of sp³-hybridized carbons (Fsp3) is 0.0833. The minimum absolute atomic E-state index is 0.0607. The maximum atomic E-state index is 12.5. The number of amides is 2. The van der Waals surface area contributed by atoms with Crippen LogP contribution in [-0.4, -0.2) is 22.7 Å². The van der Waals surface area contributed by atoms with Crippen molar-refractivity contribution < 1.29 is 19.1 Å². The lowest BCUT2D eigenvalue weighted by molar-refractivity contribution is 0.0471. The predicted molar refractivity (Wildman–Crippen MR) is 107 cm³/mol. The van der Waals surface area contributed by atoms with Crippen molar-refractivity contribution in [1.82, 2.24) is 4.90 Å². The van der Waals surface area contributed by atoms with E-state index in [2.05, 4.69) is 0 Å². The van der Waals surface area contributed by atoms with Crippen LogP contribution in [0, 0.1) is 11.3 Å². The number of fused-ring (bicyclic) bond motifs is 1. The van der Waals surface area contributed by atoms with E-state index < -0.39 is 5.97 Å². The van der Waals surface area contributed by atoms with E-state index >= 15 is 0 Å². The van der Waals surface area contributed by atoms with Crippen LogP contribution < -0.4 is 0 Å². The zero-order valence-corrected chi connectivity index (χ0v) is 15.9. The fourth-order valence-electron chi connectivity index (χ4n) is 3.27. The van der Waals surface area contributed by atoms with E-state index in [0.29, 0.717) is 22.3 Å². The summed E-state index contributed by atoms with van der Waals surface area (Å²) in [6.07, 6.45) is 0. The van der Waals surface area contributed by atoms with Gasteiger partial charge in [-0.3, -0.25) is 14.5 Å². The molecule has 6 heteroatoms. The molecule has 3 aromatic carbocycles. The van der Waals surface area contributed by atoms with Gasteiger partial charge in [-0.05, 0) is 47.5 Å². The molecule has 2 amide bonds. The Labute approximate surface area is 172 Å². The van der Waals surface area contributed by atoms with Crippen molar-refractivity contribution in [3.8, 4) is 6.07 Å². The number of carbonyl (C=O) groups is 3. The number of nitrogens with zero attached hydrogens (tertiary/aromatic N) is 2. The second-order valence-electron chi connectivity index (χ2n) is 6.83. The lowest BCUT2D eigenvalue weighted by Gasteiger charge is -2.14. The fourth-order valence-corrected chi connectivity index (χ4v) is 3.27. The van der Waals surface area contributed by atoms with Crippen LogP contribution in [0.3, 0.4) is 0 Å². The average Bonchev–Trinajstić information content (AvgIpc) is 3.03. The van der Waals surface area contributed by atoms with Crippen molar-refractivity contribution in [2.45, 2.75) is 13.2 Å². The van der Waals surface area contributed by atoms with Gasteiger partial charge < -0.3 is 4.74 Å². The second kappa shape index (κ2) is 8.02. The van der Waals surface area contributed by atoms with Gasteiger partial charge >= 0.3 is 5.97 Å². The van der Waals surface area contributed by atoms with Gasteiger partial charge in [-0.1, -0.05) is 36.4 Å². The smallest absolute Gasteiger partial charge is 0.338 e. The first-order valence-corrected chi connectivity index (χ1v) is 9.27. The van der Waals surface area contributed by atoms with Crippen LogP contribution in [0.2, 0.25) is 0 Å². The highest BCUT2D eigenvalue weighted by Gasteiger charge is 2.34. The van der Waals surface area contributed by atoms with Gasteiger partial charge in [-0.25, -0.2) is 4.79 Å². The molecule has 6 nitrogen and oxygen atoms in total. The molecule has 0 saturated heterocycles. The first kappa shape index (κ1) is 19.1. The number of esters is 1. The zero-order valence-electron chi connectivity index (χ0n) is 15.9. The molecule has 0 spiro atoms. The molecule has 0 saturated carbocycles. The topological polar surface area (TPSA) is 87.5 Å². The summed E-state index contributed by atoms with van der Waals surface area (Å²) < 4.78 is 5.30. The third-order valence-electron chi connectivity index (χ3n) is 4.83. The first-order chi connectivity index (χ1) is 14.6. The van der Waals surface area contributed by atoms with E-state index in [1.165, 1.54) is 4.90 Å². The molecular weight excluding hydrogens is 380 g/mol. The van der Waals surface area contributed by atoms with Crippen molar-refractivity contribution in [3.63, 3.8) is 0 Å². The summed E-state index contributed by atoms with van der Waals surface area (Å²) in [5.74, 6) is -1.14. The average molecular weight is 396 g/mol.